The summed E-state index contributed by atoms with van der Waals surface area (Å²) in [6.45, 7) is 7.05. The predicted molar refractivity (Wildman–Crippen MR) is 346 cm³/mol. The zero-order chi connectivity index (χ0) is 58.6. The lowest BCUT2D eigenvalue weighted by atomic mass is 10.0. The second kappa shape index (κ2) is 60.4. The highest BCUT2D eigenvalue weighted by Crippen LogP contribution is 2.43. The number of carbonyl (C=O) groups excluding carboxylic acids is 2. The maximum atomic E-state index is 13.6. The molecule has 0 fully saturated rings. The molecule has 0 bridgehead atoms. The summed E-state index contributed by atoms with van der Waals surface area (Å²) < 4.78 is 30.8. The Kier molecular flexibility index (Phi) is 59.0. The van der Waals surface area contributed by atoms with Gasteiger partial charge in [0.15, 0.2) is 0 Å². The summed E-state index contributed by atoms with van der Waals surface area (Å²) in [6, 6.07) is -0.847. The van der Waals surface area contributed by atoms with E-state index in [-0.39, 0.29) is 25.1 Å². The lowest BCUT2D eigenvalue weighted by molar-refractivity contribution is -0.870. The highest BCUT2D eigenvalue weighted by molar-refractivity contribution is 7.47. The Morgan fingerprint density at radius 3 is 1.06 bits per heavy atom. The van der Waals surface area contributed by atoms with Crippen LogP contribution in [0.25, 0.3) is 0 Å². The molecule has 0 saturated carbocycles. The fourth-order valence-electron chi connectivity index (χ4n) is 10.4. The molecule has 0 spiro atoms. The fourth-order valence-corrected chi connectivity index (χ4v) is 11.1. The largest absolute Gasteiger partial charge is 0.472 e. The van der Waals surface area contributed by atoms with Crippen LogP contribution in [0.3, 0.4) is 0 Å². The molecule has 9 nitrogen and oxygen atoms in total. The van der Waals surface area contributed by atoms with Crippen molar-refractivity contribution in [2.24, 2.45) is 0 Å². The molecule has 0 aromatic heterocycles. The maximum Gasteiger partial charge on any atom is 0.472 e. The van der Waals surface area contributed by atoms with E-state index in [0.717, 1.165) is 57.8 Å². The topological polar surface area (TPSA) is 111 Å². The first-order valence-electron chi connectivity index (χ1n) is 34.8. The molecule has 3 atom stereocenters. The van der Waals surface area contributed by atoms with Crippen molar-refractivity contribution in [2.45, 2.75) is 360 Å². The SMILES string of the molecule is CCCCCCCC/C=C/CCCCCCCCCCCCCCCC(=O)OC(/C=C/CCCCCCCCCCCC)C(COP(=O)(O)OCC[N+](C)(C)C)NC(=O)CCCCCCCCCCC/C=C/CCCCCCCC. The minimum absolute atomic E-state index is 0.0422. The molecular formula is C70H136N2O7P+. The fraction of sp³-hybridized carbons (Fsp3) is 0.886. The van der Waals surface area contributed by atoms with Crippen LogP contribution in [0.2, 0.25) is 0 Å². The zero-order valence-corrected chi connectivity index (χ0v) is 55.0. The van der Waals surface area contributed by atoms with E-state index in [1.807, 2.05) is 33.3 Å². The molecular weight excluding hydrogens is 1010 g/mol. The molecule has 10 heteroatoms. The van der Waals surface area contributed by atoms with Gasteiger partial charge in [0.1, 0.15) is 19.3 Å². The van der Waals surface area contributed by atoms with Crippen molar-refractivity contribution in [1.82, 2.24) is 5.32 Å². The minimum Gasteiger partial charge on any atom is -0.456 e. The van der Waals surface area contributed by atoms with E-state index in [1.54, 1.807) is 0 Å². The van der Waals surface area contributed by atoms with E-state index in [9.17, 15) is 19.0 Å². The number of unbranched alkanes of at least 4 members (excludes halogenated alkanes) is 44. The third-order valence-corrected chi connectivity index (χ3v) is 16.8. The van der Waals surface area contributed by atoms with E-state index in [2.05, 4.69) is 50.4 Å². The Bertz CT molecular complexity index is 1460. The third-order valence-electron chi connectivity index (χ3n) is 15.8. The molecule has 0 aliphatic heterocycles. The highest BCUT2D eigenvalue weighted by atomic mass is 31.2. The standard InChI is InChI=1S/C70H135N2O7P/c1-7-10-13-16-19-22-25-28-30-32-34-35-36-37-39-41-43-45-48-51-54-57-60-63-70(74)79-68(61-58-55-52-49-46-27-24-21-18-15-12-9-3)67(66-78-80(75,76)77-65-64-72(4,5)6)71-69(73)62-59-56-53-50-47-44-42-40-38-33-31-29-26-23-20-17-14-11-8-2/h28-31,58,61,67-68H,7-27,32-57,59-60,62-66H2,1-6H3,(H-,71,73,75,76)/p+1/b30-28+,31-29+,61-58+. The Morgan fingerprint density at radius 1 is 0.425 bits per heavy atom. The van der Waals surface area contributed by atoms with Gasteiger partial charge in [-0.25, -0.2) is 4.57 Å². The molecule has 0 aliphatic carbocycles. The first kappa shape index (κ1) is 78.2. The molecule has 2 N–H and O–H groups in total. The van der Waals surface area contributed by atoms with Gasteiger partial charge in [-0.2, -0.15) is 0 Å². The predicted octanol–water partition coefficient (Wildman–Crippen LogP) is 21.8. The average molecular weight is 1150 g/mol. The molecule has 0 aromatic carbocycles. The second-order valence-electron chi connectivity index (χ2n) is 25.0. The van der Waals surface area contributed by atoms with Crippen LogP contribution in [0.5, 0.6) is 0 Å². The summed E-state index contributed by atoms with van der Waals surface area (Å²) in [5.74, 6) is -0.491. The van der Waals surface area contributed by atoms with E-state index < -0.39 is 20.0 Å². The van der Waals surface area contributed by atoms with Crippen LogP contribution in [0.4, 0.5) is 0 Å². The lowest BCUT2D eigenvalue weighted by Crippen LogP contribution is -2.47. The molecule has 472 valence electrons. The van der Waals surface area contributed by atoms with Crippen LogP contribution in [0.15, 0.2) is 36.5 Å². The van der Waals surface area contributed by atoms with Crippen LogP contribution in [-0.2, 0) is 27.9 Å². The lowest BCUT2D eigenvalue weighted by Gasteiger charge is -2.27. The monoisotopic (exact) mass is 1150 g/mol. The number of phosphoric acid groups is 1. The van der Waals surface area contributed by atoms with Gasteiger partial charge in [-0.3, -0.25) is 18.6 Å². The number of nitrogens with one attached hydrogen (secondary N) is 1. The number of quaternary nitrogens is 1. The average Bonchev–Trinajstić information content (AvgIpc) is 3.43. The van der Waals surface area contributed by atoms with E-state index in [4.69, 9.17) is 13.8 Å². The molecule has 0 rings (SSSR count). The summed E-state index contributed by atoms with van der Waals surface area (Å²) in [5.41, 5.74) is 0. The minimum atomic E-state index is -4.45. The summed E-state index contributed by atoms with van der Waals surface area (Å²) in [6.07, 6.45) is 74.3. The number of rotatable bonds is 64. The number of likely N-dealkylation sites (N-methyl/N-ethyl adjacent to an activating group) is 1. The van der Waals surface area contributed by atoms with Gasteiger partial charge >= 0.3 is 13.8 Å². The van der Waals surface area contributed by atoms with Crippen molar-refractivity contribution in [3.8, 4) is 0 Å². The number of esters is 1. The molecule has 0 aliphatic rings. The number of ether oxygens (including phenoxy) is 1. The van der Waals surface area contributed by atoms with Gasteiger partial charge in [-0.15, -0.1) is 0 Å². The van der Waals surface area contributed by atoms with Crippen molar-refractivity contribution in [1.29, 1.82) is 0 Å². The van der Waals surface area contributed by atoms with Gasteiger partial charge in [0.25, 0.3) is 0 Å². The smallest absolute Gasteiger partial charge is 0.456 e. The maximum absolute atomic E-state index is 13.6. The Balaban J connectivity index is 5.08. The van der Waals surface area contributed by atoms with Crippen molar-refractivity contribution >= 4 is 19.7 Å². The van der Waals surface area contributed by atoms with Crippen LogP contribution < -0.4 is 5.32 Å². The van der Waals surface area contributed by atoms with Crippen LogP contribution >= 0.6 is 7.82 Å². The van der Waals surface area contributed by atoms with E-state index >= 15 is 0 Å². The van der Waals surface area contributed by atoms with Gasteiger partial charge in [-0.05, 0) is 83.1 Å². The van der Waals surface area contributed by atoms with Crippen molar-refractivity contribution in [3.63, 3.8) is 0 Å². The van der Waals surface area contributed by atoms with E-state index in [1.165, 1.54) is 257 Å². The van der Waals surface area contributed by atoms with Crippen molar-refractivity contribution in [3.05, 3.63) is 36.5 Å². The van der Waals surface area contributed by atoms with Gasteiger partial charge in [-0.1, -0.05) is 289 Å². The van der Waals surface area contributed by atoms with Gasteiger partial charge in [0.2, 0.25) is 5.91 Å². The molecule has 0 aromatic rings. The first-order valence-corrected chi connectivity index (χ1v) is 36.3. The number of hydrogen-bond acceptors (Lipinski definition) is 6. The molecule has 80 heavy (non-hydrogen) atoms. The zero-order valence-electron chi connectivity index (χ0n) is 54.1. The number of carbonyl (C=O) groups is 2. The molecule has 0 heterocycles. The third kappa shape index (κ3) is 60.8. The van der Waals surface area contributed by atoms with Gasteiger partial charge in [0, 0.05) is 12.8 Å². The number of nitrogens with zero attached hydrogens (tertiary/aromatic N) is 1. The number of allylic oxidation sites excluding steroid dienone is 5. The van der Waals surface area contributed by atoms with Gasteiger partial charge in [0.05, 0.1) is 33.8 Å². The number of phosphoric ester groups is 1. The molecule has 3 unspecified atom stereocenters. The molecule has 1 amide bonds. The van der Waals surface area contributed by atoms with Crippen LogP contribution in [0.1, 0.15) is 348 Å². The Hall–Kier alpha value is -1.77. The molecule has 0 saturated heterocycles. The Labute approximate surface area is 497 Å². The van der Waals surface area contributed by atoms with Crippen molar-refractivity contribution < 1.29 is 37.3 Å². The summed E-state index contributed by atoms with van der Waals surface area (Å²) in [7, 11) is 1.51. The Morgan fingerprint density at radius 2 is 0.725 bits per heavy atom. The summed E-state index contributed by atoms with van der Waals surface area (Å²) in [5, 5.41) is 3.07. The molecule has 0 radical (unpaired) electrons. The summed E-state index contributed by atoms with van der Waals surface area (Å²) >= 11 is 0. The van der Waals surface area contributed by atoms with Crippen LogP contribution in [-0.4, -0.2) is 74.3 Å². The first-order chi connectivity index (χ1) is 38.9. The number of amides is 1. The van der Waals surface area contributed by atoms with Crippen molar-refractivity contribution in [2.75, 3.05) is 40.9 Å². The highest BCUT2D eigenvalue weighted by Gasteiger charge is 2.30. The normalized spacial score (nSPS) is 13.7. The van der Waals surface area contributed by atoms with E-state index in [0.29, 0.717) is 23.9 Å². The summed E-state index contributed by atoms with van der Waals surface area (Å²) in [4.78, 5) is 37.9. The van der Waals surface area contributed by atoms with Gasteiger partial charge < -0.3 is 19.4 Å². The quantitative estimate of drug-likeness (QED) is 0.0205. The number of hydrogen-bond donors (Lipinski definition) is 2. The van der Waals surface area contributed by atoms with Crippen LogP contribution in [0, 0.1) is 0 Å². The second-order valence-corrected chi connectivity index (χ2v) is 26.5.